The minimum atomic E-state index is -0.483. The highest BCUT2D eigenvalue weighted by Crippen LogP contribution is 2.29. The maximum absolute atomic E-state index is 13.7. The van der Waals surface area contributed by atoms with Crippen LogP contribution in [0.1, 0.15) is 11.3 Å². The zero-order valence-corrected chi connectivity index (χ0v) is 16.7. The van der Waals surface area contributed by atoms with Crippen molar-refractivity contribution in [3.8, 4) is 22.8 Å². The van der Waals surface area contributed by atoms with Crippen LogP contribution in [-0.4, -0.2) is 27.4 Å². The Bertz CT molecular complexity index is 1260. The molecule has 0 radical (unpaired) electrons. The van der Waals surface area contributed by atoms with Gasteiger partial charge in [0.15, 0.2) is 11.5 Å². The summed E-state index contributed by atoms with van der Waals surface area (Å²) in [7, 11) is 0. The summed E-state index contributed by atoms with van der Waals surface area (Å²) in [6.07, 6.45) is 1.82. The van der Waals surface area contributed by atoms with Crippen LogP contribution in [0.5, 0.6) is 0 Å². The molecule has 0 atom stereocenters. The van der Waals surface area contributed by atoms with Crippen LogP contribution in [0, 0.1) is 12.7 Å². The highest BCUT2D eigenvalue weighted by atomic mass is 19.1. The van der Waals surface area contributed by atoms with E-state index in [-0.39, 0.29) is 18.9 Å². The van der Waals surface area contributed by atoms with Gasteiger partial charge >= 0.3 is 0 Å². The molecule has 31 heavy (non-hydrogen) atoms. The Labute approximate surface area is 176 Å². The molecule has 8 nitrogen and oxygen atoms in total. The fraction of sp³-hybridized carbons (Fsp3) is 0.182. The second-order valence-electron chi connectivity index (χ2n) is 6.90. The van der Waals surface area contributed by atoms with Crippen LogP contribution in [0.15, 0.2) is 68.5 Å². The van der Waals surface area contributed by atoms with E-state index >= 15 is 0 Å². The predicted octanol–water partition coefficient (Wildman–Crippen LogP) is 2.96. The summed E-state index contributed by atoms with van der Waals surface area (Å²) >= 11 is 0. The second-order valence-corrected chi connectivity index (χ2v) is 6.90. The molecule has 0 saturated carbocycles. The van der Waals surface area contributed by atoms with Gasteiger partial charge in [-0.25, -0.2) is 9.07 Å². The maximum Gasteiger partial charge on any atom is 0.268 e. The molecule has 0 aliphatic rings. The third-order valence-electron chi connectivity index (χ3n) is 4.61. The average molecular weight is 422 g/mol. The topological polar surface area (TPSA) is 103 Å². The van der Waals surface area contributed by atoms with Gasteiger partial charge in [0.05, 0.1) is 17.5 Å². The molecule has 0 aliphatic carbocycles. The van der Waals surface area contributed by atoms with E-state index in [1.54, 1.807) is 43.3 Å². The Kier molecular flexibility index (Phi) is 5.74. The van der Waals surface area contributed by atoms with E-state index in [0.717, 1.165) is 4.68 Å². The average Bonchev–Trinajstić information content (AvgIpc) is 3.43. The third-order valence-corrected chi connectivity index (χ3v) is 4.61. The highest BCUT2D eigenvalue weighted by Gasteiger charge is 2.19. The van der Waals surface area contributed by atoms with E-state index in [1.165, 1.54) is 18.4 Å². The molecule has 0 spiro atoms. The first-order valence-corrected chi connectivity index (χ1v) is 9.61. The lowest BCUT2D eigenvalue weighted by Crippen LogP contribution is -2.34. The molecule has 3 aromatic heterocycles. The first-order chi connectivity index (χ1) is 15.0. The smallest absolute Gasteiger partial charge is 0.268 e. The van der Waals surface area contributed by atoms with E-state index in [9.17, 15) is 14.0 Å². The fourth-order valence-corrected chi connectivity index (χ4v) is 3.11. The first kappa shape index (κ1) is 20.3. The Morgan fingerprint density at radius 1 is 1.16 bits per heavy atom. The summed E-state index contributed by atoms with van der Waals surface area (Å²) in [6, 6.07) is 12.8. The lowest BCUT2D eigenvalue weighted by molar-refractivity contribution is -0.121. The number of hydrogen-bond donors (Lipinski definition) is 1. The molecule has 3 heterocycles. The predicted molar refractivity (Wildman–Crippen MR) is 110 cm³/mol. The van der Waals surface area contributed by atoms with Crippen molar-refractivity contribution in [3.63, 3.8) is 0 Å². The number of hydrogen-bond acceptors (Lipinski definition) is 6. The summed E-state index contributed by atoms with van der Waals surface area (Å²) < 4.78 is 25.4. The van der Waals surface area contributed by atoms with Gasteiger partial charge in [0.25, 0.3) is 5.56 Å². The van der Waals surface area contributed by atoms with Crippen molar-refractivity contribution in [1.29, 1.82) is 0 Å². The van der Waals surface area contributed by atoms with Crippen molar-refractivity contribution in [2.75, 3.05) is 6.54 Å². The Morgan fingerprint density at radius 2 is 2.00 bits per heavy atom. The molecule has 158 valence electrons. The van der Waals surface area contributed by atoms with E-state index in [0.29, 0.717) is 40.5 Å². The number of halogens is 1. The van der Waals surface area contributed by atoms with Crippen molar-refractivity contribution in [1.82, 2.24) is 20.3 Å². The van der Waals surface area contributed by atoms with Crippen LogP contribution < -0.4 is 10.9 Å². The molecule has 0 unspecified atom stereocenters. The van der Waals surface area contributed by atoms with E-state index in [2.05, 4.69) is 15.6 Å². The van der Waals surface area contributed by atoms with Gasteiger partial charge in [0.2, 0.25) is 5.91 Å². The number of nitrogens with one attached hydrogen (secondary N) is 1. The number of rotatable bonds is 7. The number of carbonyl (C=O) groups excluding carboxylic acids is 1. The number of aryl methyl sites for hydroxylation is 1. The fourth-order valence-electron chi connectivity index (χ4n) is 3.11. The largest absolute Gasteiger partial charge is 0.463 e. The van der Waals surface area contributed by atoms with Crippen LogP contribution in [0.3, 0.4) is 0 Å². The number of aromatic nitrogens is 3. The summed E-state index contributed by atoms with van der Waals surface area (Å²) in [5.74, 6) is 0.0447. The van der Waals surface area contributed by atoms with E-state index < -0.39 is 11.5 Å². The lowest BCUT2D eigenvalue weighted by Gasteiger charge is -2.10. The molecule has 1 N–H and O–H groups in total. The number of amides is 1. The van der Waals surface area contributed by atoms with Crippen LogP contribution >= 0.6 is 0 Å². The van der Waals surface area contributed by atoms with Crippen molar-refractivity contribution in [3.05, 3.63) is 82.2 Å². The molecule has 9 heteroatoms. The number of benzene rings is 1. The molecule has 4 aromatic rings. The molecule has 0 saturated heterocycles. The van der Waals surface area contributed by atoms with Crippen LogP contribution in [0.25, 0.3) is 22.8 Å². The third kappa shape index (κ3) is 4.61. The Balaban J connectivity index is 1.53. The van der Waals surface area contributed by atoms with Crippen LogP contribution in [0.4, 0.5) is 4.39 Å². The number of nitrogens with zero attached hydrogens (tertiary/aromatic N) is 3. The zero-order chi connectivity index (χ0) is 21.8. The summed E-state index contributed by atoms with van der Waals surface area (Å²) in [6.45, 7) is 1.70. The second kappa shape index (κ2) is 8.78. The number of carbonyl (C=O) groups is 1. The minimum Gasteiger partial charge on any atom is -0.463 e. The number of furan rings is 1. The van der Waals surface area contributed by atoms with E-state index in [1.807, 2.05) is 0 Å². The van der Waals surface area contributed by atoms with Crippen LogP contribution in [0.2, 0.25) is 0 Å². The van der Waals surface area contributed by atoms with Gasteiger partial charge in [-0.3, -0.25) is 9.59 Å². The van der Waals surface area contributed by atoms with Gasteiger partial charge in [0.1, 0.15) is 18.1 Å². The quantitative estimate of drug-likeness (QED) is 0.491. The van der Waals surface area contributed by atoms with Gasteiger partial charge in [-0.1, -0.05) is 23.4 Å². The van der Waals surface area contributed by atoms with Gasteiger partial charge in [-0.15, -0.1) is 0 Å². The molecular weight excluding hydrogens is 403 g/mol. The monoisotopic (exact) mass is 422 g/mol. The Morgan fingerprint density at radius 3 is 2.71 bits per heavy atom. The van der Waals surface area contributed by atoms with E-state index in [4.69, 9.17) is 8.94 Å². The maximum atomic E-state index is 13.7. The molecule has 1 amide bonds. The molecule has 0 fully saturated rings. The van der Waals surface area contributed by atoms with Crippen molar-refractivity contribution in [2.24, 2.45) is 0 Å². The van der Waals surface area contributed by atoms with Crippen molar-refractivity contribution < 1.29 is 18.1 Å². The molecule has 4 rings (SSSR count). The van der Waals surface area contributed by atoms with Gasteiger partial charge in [-0.2, -0.15) is 5.10 Å². The van der Waals surface area contributed by atoms with Crippen molar-refractivity contribution >= 4 is 5.91 Å². The first-order valence-electron chi connectivity index (χ1n) is 9.61. The standard InChI is InChI=1S/C22H19FN4O4/c1-14-11-19(31-26-14)16-12-21(29)27(25-22(16)18-7-4-10-30-18)13-20(28)24-9-8-15-5-2-3-6-17(15)23/h2-7,10-12H,8-9,13H2,1H3,(H,24,28). The van der Waals surface area contributed by atoms with Crippen molar-refractivity contribution in [2.45, 2.75) is 19.9 Å². The SMILES string of the molecule is Cc1cc(-c2cc(=O)n(CC(=O)NCCc3ccccc3F)nc2-c2ccco2)on1. The lowest BCUT2D eigenvalue weighted by atomic mass is 10.1. The zero-order valence-electron chi connectivity index (χ0n) is 16.7. The van der Waals surface area contributed by atoms with Crippen LogP contribution in [-0.2, 0) is 17.8 Å². The summed E-state index contributed by atoms with van der Waals surface area (Å²) in [4.78, 5) is 24.9. The molecule has 0 bridgehead atoms. The molecule has 1 aromatic carbocycles. The molecule has 0 aliphatic heterocycles. The molecular formula is C22H19FN4O4. The minimum absolute atomic E-state index is 0.231. The summed E-state index contributed by atoms with van der Waals surface area (Å²) in [5.41, 5.74) is 1.43. The summed E-state index contributed by atoms with van der Waals surface area (Å²) in [5, 5.41) is 10.9. The normalized spacial score (nSPS) is 10.9. The highest BCUT2D eigenvalue weighted by molar-refractivity contribution is 5.77. The van der Waals surface area contributed by atoms with Gasteiger partial charge in [-0.05, 0) is 37.1 Å². The Hall–Kier alpha value is -4.01. The van der Waals surface area contributed by atoms with Gasteiger partial charge < -0.3 is 14.3 Å². The van der Waals surface area contributed by atoms with Gasteiger partial charge in [0, 0.05) is 18.7 Å².